The maximum absolute atomic E-state index is 11.6. The van der Waals surface area contributed by atoms with Crippen LogP contribution in [-0.2, 0) is 0 Å². The highest BCUT2D eigenvalue weighted by atomic mass is 16.1. The van der Waals surface area contributed by atoms with Crippen LogP contribution < -0.4 is 5.73 Å². The minimum Gasteiger partial charge on any atom is -0.366 e. The molecule has 2 aromatic heterocycles. The number of aromatic nitrogens is 2. The fourth-order valence-corrected chi connectivity index (χ4v) is 2.62. The van der Waals surface area contributed by atoms with Crippen molar-refractivity contribution in [1.82, 2.24) is 9.61 Å². The van der Waals surface area contributed by atoms with Gasteiger partial charge in [0.2, 0.25) is 5.91 Å². The van der Waals surface area contributed by atoms with Crippen LogP contribution in [-0.4, -0.2) is 15.5 Å². The summed E-state index contributed by atoms with van der Waals surface area (Å²) >= 11 is 0. The third-order valence-corrected chi connectivity index (χ3v) is 3.61. The van der Waals surface area contributed by atoms with E-state index in [0.29, 0.717) is 11.5 Å². The van der Waals surface area contributed by atoms with Gasteiger partial charge in [-0.25, -0.2) is 4.52 Å². The lowest BCUT2D eigenvalue weighted by Gasteiger charge is -2.13. The lowest BCUT2D eigenvalue weighted by molar-refractivity contribution is 0.0999. The first-order valence-electron chi connectivity index (χ1n) is 6.39. The summed E-state index contributed by atoms with van der Waals surface area (Å²) in [5, 5.41) is 4.39. The number of hydrogen-bond donors (Lipinski definition) is 1. The molecule has 0 spiro atoms. The molecule has 0 aliphatic heterocycles. The number of hydrogen-bond acceptors (Lipinski definition) is 2. The van der Waals surface area contributed by atoms with Crippen molar-refractivity contribution < 1.29 is 4.79 Å². The zero-order valence-corrected chi connectivity index (χ0v) is 10.7. The summed E-state index contributed by atoms with van der Waals surface area (Å²) < 4.78 is 1.87. The first-order valence-corrected chi connectivity index (χ1v) is 6.39. The second-order valence-corrected chi connectivity index (χ2v) is 5.33. The number of primary amides is 1. The van der Waals surface area contributed by atoms with E-state index in [0.717, 1.165) is 11.1 Å². The van der Waals surface area contributed by atoms with Crippen LogP contribution >= 0.6 is 0 Å². The summed E-state index contributed by atoms with van der Waals surface area (Å²) in [6, 6.07) is 1.77. The smallest absolute Gasteiger partial charge is 0.249 e. The molecular formula is C14H17N3O. The normalized spacial score (nSPS) is 15.5. The van der Waals surface area contributed by atoms with Gasteiger partial charge in [-0.3, -0.25) is 4.79 Å². The molecule has 94 valence electrons. The van der Waals surface area contributed by atoms with Crippen molar-refractivity contribution in [3.05, 3.63) is 35.2 Å². The number of nitrogens with zero attached hydrogens (tertiary/aromatic N) is 2. The quantitative estimate of drug-likeness (QED) is 0.900. The molecule has 1 amide bonds. The number of pyridine rings is 1. The summed E-state index contributed by atoms with van der Waals surface area (Å²) in [4.78, 5) is 11.6. The van der Waals surface area contributed by atoms with Crippen LogP contribution in [0.2, 0.25) is 0 Å². The van der Waals surface area contributed by atoms with Crippen molar-refractivity contribution in [1.29, 1.82) is 0 Å². The van der Waals surface area contributed by atoms with E-state index < -0.39 is 0 Å². The average Bonchev–Trinajstić information content (AvgIpc) is 3.07. The Bertz CT molecular complexity index is 623. The van der Waals surface area contributed by atoms with E-state index in [1.54, 1.807) is 6.07 Å². The standard InChI is InChI=1S/C14H17N3O/c1-8(2)12-10(14(15)18)5-6-17-13(12)11(7-16-17)9-3-4-9/h5-9H,3-4H2,1-2H3,(H2,15,18). The van der Waals surface area contributed by atoms with Crippen LogP contribution in [0.4, 0.5) is 0 Å². The molecule has 1 aliphatic rings. The zero-order valence-electron chi connectivity index (χ0n) is 10.7. The van der Waals surface area contributed by atoms with Gasteiger partial charge in [-0.2, -0.15) is 5.10 Å². The maximum Gasteiger partial charge on any atom is 0.249 e. The third kappa shape index (κ3) is 1.60. The lowest BCUT2D eigenvalue weighted by atomic mass is 9.94. The molecule has 18 heavy (non-hydrogen) atoms. The summed E-state index contributed by atoms with van der Waals surface area (Å²) in [6.45, 7) is 4.18. The number of carbonyl (C=O) groups is 1. The highest BCUT2D eigenvalue weighted by Crippen LogP contribution is 2.43. The molecule has 3 rings (SSSR count). The zero-order chi connectivity index (χ0) is 12.9. The van der Waals surface area contributed by atoms with Gasteiger partial charge in [0.15, 0.2) is 0 Å². The molecule has 0 atom stereocenters. The van der Waals surface area contributed by atoms with Gasteiger partial charge < -0.3 is 5.73 Å². The Morgan fingerprint density at radius 3 is 2.78 bits per heavy atom. The Labute approximate surface area is 106 Å². The molecule has 2 heterocycles. The van der Waals surface area contributed by atoms with Crippen LogP contribution in [0.15, 0.2) is 18.5 Å². The summed E-state index contributed by atoms with van der Waals surface area (Å²) in [6.07, 6.45) is 6.20. The number of amides is 1. The lowest BCUT2D eigenvalue weighted by Crippen LogP contribution is -2.15. The Morgan fingerprint density at radius 2 is 2.22 bits per heavy atom. The van der Waals surface area contributed by atoms with Crippen LogP contribution in [0.3, 0.4) is 0 Å². The minimum atomic E-state index is -0.357. The van der Waals surface area contributed by atoms with Gasteiger partial charge in [0.05, 0.1) is 11.7 Å². The molecule has 0 bridgehead atoms. The number of fused-ring (bicyclic) bond motifs is 1. The van der Waals surface area contributed by atoms with Crippen molar-refractivity contribution in [3.63, 3.8) is 0 Å². The molecule has 0 aromatic carbocycles. The van der Waals surface area contributed by atoms with Gasteiger partial charge in [0, 0.05) is 17.3 Å². The Morgan fingerprint density at radius 1 is 1.50 bits per heavy atom. The molecule has 1 fully saturated rings. The van der Waals surface area contributed by atoms with Gasteiger partial charge in [0.25, 0.3) is 0 Å². The first-order chi connectivity index (χ1) is 8.59. The van der Waals surface area contributed by atoms with E-state index in [1.165, 1.54) is 18.4 Å². The highest BCUT2D eigenvalue weighted by Gasteiger charge is 2.29. The number of carbonyl (C=O) groups excluding carboxylic acids is 1. The molecule has 4 heteroatoms. The predicted octanol–water partition coefficient (Wildman–Crippen LogP) is 2.43. The van der Waals surface area contributed by atoms with Crippen molar-refractivity contribution in [2.24, 2.45) is 5.73 Å². The van der Waals surface area contributed by atoms with Crippen LogP contribution in [0.5, 0.6) is 0 Å². The van der Waals surface area contributed by atoms with Crippen LogP contribution in [0.1, 0.15) is 60.0 Å². The molecule has 4 nitrogen and oxygen atoms in total. The average molecular weight is 243 g/mol. The monoisotopic (exact) mass is 243 g/mol. The second kappa shape index (κ2) is 3.83. The summed E-state index contributed by atoms with van der Waals surface area (Å²) in [5.74, 6) is 0.512. The van der Waals surface area contributed by atoms with E-state index in [9.17, 15) is 4.79 Å². The fourth-order valence-electron chi connectivity index (χ4n) is 2.62. The van der Waals surface area contributed by atoms with Gasteiger partial charge in [-0.1, -0.05) is 13.8 Å². The second-order valence-electron chi connectivity index (χ2n) is 5.33. The molecule has 1 saturated carbocycles. The summed E-state index contributed by atoms with van der Waals surface area (Å²) in [7, 11) is 0. The van der Waals surface area contributed by atoms with Crippen LogP contribution in [0.25, 0.3) is 5.52 Å². The largest absolute Gasteiger partial charge is 0.366 e. The highest BCUT2D eigenvalue weighted by molar-refractivity contribution is 5.96. The Kier molecular flexibility index (Phi) is 2.40. The van der Waals surface area contributed by atoms with Crippen molar-refractivity contribution >= 4 is 11.4 Å². The van der Waals surface area contributed by atoms with Gasteiger partial charge >= 0.3 is 0 Å². The molecular weight excluding hydrogens is 226 g/mol. The molecule has 0 unspecified atom stereocenters. The number of rotatable bonds is 3. The van der Waals surface area contributed by atoms with Crippen molar-refractivity contribution in [2.75, 3.05) is 0 Å². The van der Waals surface area contributed by atoms with E-state index in [1.807, 2.05) is 16.9 Å². The van der Waals surface area contributed by atoms with Gasteiger partial charge in [-0.15, -0.1) is 0 Å². The Balaban J connectivity index is 2.35. The fraction of sp³-hybridized carbons (Fsp3) is 0.429. The molecule has 0 saturated heterocycles. The van der Waals surface area contributed by atoms with E-state index >= 15 is 0 Å². The molecule has 0 radical (unpaired) electrons. The van der Waals surface area contributed by atoms with Crippen LogP contribution in [0, 0.1) is 0 Å². The minimum absolute atomic E-state index is 0.255. The topological polar surface area (TPSA) is 60.4 Å². The van der Waals surface area contributed by atoms with E-state index in [-0.39, 0.29) is 11.8 Å². The predicted molar refractivity (Wildman–Crippen MR) is 69.8 cm³/mol. The SMILES string of the molecule is CC(C)c1c(C(N)=O)ccn2ncc(C3CC3)c12. The van der Waals surface area contributed by atoms with Crippen molar-refractivity contribution in [2.45, 2.75) is 38.5 Å². The summed E-state index contributed by atoms with van der Waals surface area (Å²) in [5.41, 5.74) is 9.49. The van der Waals surface area contributed by atoms with Gasteiger partial charge in [-0.05, 0) is 36.3 Å². The molecule has 1 aliphatic carbocycles. The third-order valence-electron chi connectivity index (χ3n) is 3.61. The van der Waals surface area contributed by atoms with Crippen molar-refractivity contribution in [3.8, 4) is 0 Å². The van der Waals surface area contributed by atoms with E-state index in [4.69, 9.17) is 5.73 Å². The Hall–Kier alpha value is -1.84. The number of nitrogens with two attached hydrogens (primary N) is 1. The maximum atomic E-state index is 11.6. The van der Waals surface area contributed by atoms with Gasteiger partial charge in [0.1, 0.15) is 0 Å². The first kappa shape index (κ1) is 11.3. The molecule has 2 N–H and O–H groups in total. The molecule has 2 aromatic rings. The van der Waals surface area contributed by atoms with E-state index in [2.05, 4.69) is 18.9 Å².